The van der Waals surface area contributed by atoms with Crippen molar-refractivity contribution in [3.8, 4) is 0 Å². The van der Waals surface area contributed by atoms with E-state index in [4.69, 9.17) is 14.2 Å². The molecular weight excluding hydrogens is 1010 g/mol. The molecule has 0 spiro atoms. The van der Waals surface area contributed by atoms with Gasteiger partial charge < -0.3 is 14.2 Å². The molecule has 0 aromatic heterocycles. The molecule has 0 aliphatic rings. The molecule has 0 aromatic carbocycles. The third-order valence-electron chi connectivity index (χ3n) is 15.6. The van der Waals surface area contributed by atoms with E-state index in [2.05, 4.69) is 106 Å². The molecule has 82 heavy (non-hydrogen) atoms. The summed E-state index contributed by atoms with van der Waals surface area (Å²) in [5, 5.41) is 0. The molecule has 6 nitrogen and oxygen atoms in total. The number of carbonyl (C=O) groups excluding carboxylic acids is 3. The van der Waals surface area contributed by atoms with Gasteiger partial charge in [-0.1, -0.05) is 311 Å². The van der Waals surface area contributed by atoms with E-state index in [0.717, 1.165) is 109 Å². The minimum absolute atomic E-state index is 0.0842. The van der Waals surface area contributed by atoms with Gasteiger partial charge in [0.15, 0.2) is 6.10 Å². The average molecular weight is 1140 g/mol. The lowest BCUT2D eigenvalue weighted by atomic mass is 10.0. The van der Waals surface area contributed by atoms with E-state index in [1.807, 2.05) is 0 Å². The fraction of sp³-hybridized carbons (Fsp3) is 0.776. The van der Waals surface area contributed by atoms with Gasteiger partial charge >= 0.3 is 17.9 Å². The number of hydrogen-bond donors (Lipinski definition) is 0. The van der Waals surface area contributed by atoms with Gasteiger partial charge in [0.2, 0.25) is 0 Å². The normalized spacial score (nSPS) is 12.6. The zero-order valence-corrected chi connectivity index (χ0v) is 54.5. The first-order valence-corrected chi connectivity index (χ1v) is 35.6. The van der Waals surface area contributed by atoms with Gasteiger partial charge in [0.05, 0.1) is 0 Å². The van der Waals surface area contributed by atoms with Gasteiger partial charge in [0.25, 0.3) is 0 Å². The number of unbranched alkanes of at least 4 members (excludes halogenated alkanes) is 40. The first kappa shape index (κ1) is 78.6. The van der Waals surface area contributed by atoms with Crippen molar-refractivity contribution < 1.29 is 28.6 Å². The number of rotatable bonds is 65. The fourth-order valence-electron chi connectivity index (χ4n) is 10.2. The van der Waals surface area contributed by atoms with Crippen LogP contribution in [0, 0.1) is 0 Å². The first-order chi connectivity index (χ1) is 40.5. The summed E-state index contributed by atoms with van der Waals surface area (Å²) in [6.45, 7) is 6.60. The summed E-state index contributed by atoms with van der Waals surface area (Å²) >= 11 is 0. The molecule has 0 aliphatic heterocycles. The molecule has 1 unspecified atom stereocenters. The Morgan fingerprint density at radius 3 is 0.720 bits per heavy atom. The Bertz CT molecular complexity index is 1550. The van der Waals surface area contributed by atoms with Crippen LogP contribution in [-0.4, -0.2) is 37.2 Å². The van der Waals surface area contributed by atoms with Crippen LogP contribution in [0.2, 0.25) is 0 Å². The van der Waals surface area contributed by atoms with Crippen molar-refractivity contribution in [3.63, 3.8) is 0 Å². The smallest absolute Gasteiger partial charge is 0.306 e. The highest BCUT2D eigenvalue weighted by molar-refractivity contribution is 5.71. The summed E-state index contributed by atoms with van der Waals surface area (Å²) < 4.78 is 17.0. The SMILES string of the molecule is CCCC/C=C\C/C=C\CCCCCCCC(=O)OCC(COC(=O)CCCCCCCCCCCCCCCCCCC/C=C\C/C=C\CCCCCCC)OC(=O)CCCCCCCC/C=C\C/C=C\C/C=C\CCCCCCC. The van der Waals surface area contributed by atoms with Gasteiger partial charge in [0.1, 0.15) is 13.2 Å². The average Bonchev–Trinajstić information content (AvgIpc) is 3.48. The number of hydrogen-bond acceptors (Lipinski definition) is 6. The van der Waals surface area contributed by atoms with Crippen LogP contribution in [0.4, 0.5) is 0 Å². The monoisotopic (exact) mass is 1140 g/mol. The second-order valence-corrected chi connectivity index (χ2v) is 23.8. The predicted molar refractivity (Wildman–Crippen MR) is 358 cm³/mol. The molecule has 474 valence electrons. The Morgan fingerprint density at radius 1 is 0.244 bits per heavy atom. The van der Waals surface area contributed by atoms with Gasteiger partial charge in [-0.15, -0.1) is 0 Å². The highest BCUT2D eigenvalue weighted by Crippen LogP contribution is 2.17. The Morgan fingerprint density at radius 2 is 0.451 bits per heavy atom. The van der Waals surface area contributed by atoms with E-state index >= 15 is 0 Å². The summed E-state index contributed by atoms with van der Waals surface area (Å²) in [6, 6.07) is 0. The summed E-state index contributed by atoms with van der Waals surface area (Å²) in [5.41, 5.74) is 0. The Kier molecular flexibility index (Phi) is 67.2. The zero-order chi connectivity index (χ0) is 59.2. The van der Waals surface area contributed by atoms with Crippen LogP contribution in [-0.2, 0) is 28.6 Å². The van der Waals surface area contributed by atoms with Crippen LogP contribution in [0.5, 0.6) is 0 Å². The van der Waals surface area contributed by atoms with Gasteiger partial charge in [-0.2, -0.15) is 0 Å². The minimum atomic E-state index is -0.791. The quantitative estimate of drug-likeness (QED) is 0.0261. The molecule has 0 aliphatic carbocycles. The van der Waals surface area contributed by atoms with E-state index in [0.29, 0.717) is 19.3 Å². The molecular formula is C76H134O6. The number of ether oxygens (including phenoxy) is 3. The number of allylic oxidation sites excluding steroid dienone is 14. The lowest BCUT2D eigenvalue weighted by molar-refractivity contribution is -0.167. The van der Waals surface area contributed by atoms with Crippen molar-refractivity contribution in [2.24, 2.45) is 0 Å². The Balaban J connectivity index is 4.28. The molecule has 0 fully saturated rings. The second kappa shape index (κ2) is 70.1. The minimum Gasteiger partial charge on any atom is -0.462 e. The highest BCUT2D eigenvalue weighted by Gasteiger charge is 2.19. The van der Waals surface area contributed by atoms with Crippen LogP contribution in [0.3, 0.4) is 0 Å². The van der Waals surface area contributed by atoms with Crippen molar-refractivity contribution in [2.75, 3.05) is 13.2 Å². The first-order valence-electron chi connectivity index (χ1n) is 35.6. The fourth-order valence-corrected chi connectivity index (χ4v) is 10.2. The number of esters is 3. The maximum Gasteiger partial charge on any atom is 0.306 e. The second-order valence-electron chi connectivity index (χ2n) is 23.8. The predicted octanol–water partition coefficient (Wildman–Crippen LogP) is 24.6. The van der Waals surface area contributed by atoms with Crippen molar-refractivity contribution >= 4 is 17.9 Å². The third-order valence-corrected chi connectivity index (χ3v) is 15.6. The van der Waals surface area contributed by atoms with Crippen molar-refractivity contribution in [2.45, 2.75) is 367 Å². The van der Waals surface area contributed by atoms with E-state index < -0.39 is 6.10 Å². The Hall–Kier alpha value is -3.41. The molecule has 0 amide bonds. The summed E-state index contributed by atoms with van der Waals surface area (Å²) in [7, 11) is 0. The van der Waals surface area contributed by atoms with Crippen LogP contribution in [0.25, 0.3) is 0 Å². The van der Waals surface area contributed by atoms with Crippen molar-refractivity contribution in [1.82, 2.24) is 0 Å². The summed E-state index contributed by atoms with van der Waals surface area (Å²) in [6.07, 6.45) is 93.2. The van der Waals surface area contributed by atoms with E-state index in [1.54, 1.807) is 0 Å². The lowest BCUT2D eigenvalue weighted by Crippen LogP contribution is -2.30. The molecule has 0 radical (unpaired) electrons. The molecule has 0 saturated carbocycles. The molecule has 0 heterocycles. The van der Waals surface area contributed by atoms with Crippen LogP contribution >= 0.6 is 0 Å². The van der Waals surface area contributed by atoms with Crippen LogP contribution < -0.4 is 0 Å². The third kappa shape index (κ3) is 67.4. The van der Waals surface area contributed by atoms with Gasteiger partial charge in [0, 0.05) is 19.3 Å². The van der Waals surface area contributed by atoms with E-state index in [-0.39, 0.29) is 31.1 Å². The molecule has 0 rings (SSSR count). The molecule has 6 heteroatoms. The standard InChI is InChI=1S/C76H134O6/c1-4-7-10-13-16-19-22-25-28-30-32-34-35-36-37-38-39-40-41-43-44-46-48-51-54-57-60-63-66-69-75(78)81-72-73(71-80-74(77)68-65-62-59-56-53-50-27-24-21-18-15-12-9-6-3)82-76(79)70-67-64-61-58-55-52-49-47-45-42-33-31-29-26-23-20-17-14-11-8-5-2/h15,18,22-27,30-33,45,47,73H,4-14,16-17,19-21,28-29,34-44,46,48-72H2,1-3H3/b18-15-,25-22-,26-23-,27-24-,32-30-,33-31-,47-45-. The van der Waals surface area contributed by atoms with Gasteiger partial charge in [-0.05, 0) is 116 Å². The molecule has 0 saturated heterocycles. The van der Waals surface area contributed by atoms with Gasteiger partial charge in [-0.25, -0.2) is 0 Å². The molecule has 0 bridgehead atoms. The number of carbonyl (C=O) groups is 3. The molecule has 0 aromatic rings. The summed E-state index contributed by atoms with van der Waals surface area (Å²) in [4.78, 5) is 38.4. The van der Waals surface area contributed by atoms with Crippen molar-refractivity contribution in [3.05, 3.63) is 85.1 Å². The lowest BCUT2D eigenvalue weighted by Gasteiger charge is -2.18. The molecule has 0 N–H and O–H groups in total. The maximum atomic E-state index is 12.9. The highest BCUT2D eigenvalue weighted by atomic mass is 16.6. The zero-order valence-electron chi connectivity index (χ0n) is 54.5. The van der Waals surface area contributed by atoms with Crippen LogP contribution in [0.15, 0.2) is 85.1 Å². The maximum absolute atomic E-state index is 12.9. The topological polar surface area (TPSA) is 78.9 Å². The van der Waals surface area contributed by atoms with E-state index in [9.17, 15) is 14.4 Å². The van der Waals surface area contributed by atoms with Crippen LogP contribution in [0.1, 0.15) is 361 Å². The van der Waals surface area contributed by atoms with Gasteiger partial charge in [-0.3, -0.25) is 14.4 Å². The van der Waals surface area contributed by atoms with Crippen molar-refractivity contribution in [1.29, 1.82) is 0 Å². The summed E-state index contributed by atoms with van der Waals surface area (Å²) in [5.74, 6) is -0.895. The Labute approximate surface area is 509 Å². The largest absolute Gasteiger partial charge is 0.462 e. The van der Waals surface area contributed by atoms with E-state index in [1.165, 1.54) is 212 Å². The molecule has 1 atom stereocenters.